The van der Waals surface area contributed by atoms with Crippen LogP contribution >= 0.6 is 23.6 Å². The Balaban J connectivity index is 1.77. The van der Waals surface area contributed by atoms with E-state index in [9.17, 15) is 8.42 Å². The average Bonchev–Trinajstić information content (AvgIpc) is 3.19. The molecule has 3 rings (SSSR count). The predicted octanol–water partition coefficient (Wildman–Crippen LogP) is 4.37. The van der Waals surface area contributed by atoms with Crippen LogP contribution in [0.2, 0.25) is 0 Å². The van der Waals surface area contributed by atoms with E-state index in [0.29, 0.717) is 27.9 Å². The maximum absolute atomic E-state index is 12.5. The quantitative estimate of drug-likeness (QED) is 0.515. The van der Waals surface area contributed by atoms with Crippen LogP contribution < -0.4 is 20.1 Å². The molecule has 0 fully saturated rings. The fourth-order valence-electron chi connectivity index (χ4n) is 2.32. The molecule has 0 aliphatic carbocycles. The molecular formula is C18H17N3O3S3. The van der Waals surface area contributed by atoms with Gasteiger partial charge < -0.3 is 15.4 Å². The molecule has 3 aromatic rings. The van der Waals surface area contributed by atoms with E-state index in [4.69, 9.17) is 17.0 Å². The van der Waals surface area contributed by atoms with Gasteiger partial charge in [-0.05, 0) is 47.9 Å². The Morgan fingerprint density at radius 2 is 1.56 bits per heavy atom. The van der Waals surface area contributed by atoms with Gasteiger partial charge in [-0.1, -0.05) is 30.3 Å². The number of sulfonamides is 1. The molecule has 1 aromatic heterocycles. The van der Waals surface area contributed by atoms with Gasteiger partial charge in [-0.15, -0.1) is 11.3 Å². The molecule has 0 saturated carbocycles. The van der Waals surface area contributed by atoms with E-state index in [1.807, 2.05) is 24.3 Å². The van der Waals surface area contributed by atoms with Gasteiger partial charge in [0.25, 0.3) is 10.0 Å². The van der Waals surface area contributed by atoms with E-state index in [1.165, 1.54) is 0 Å². The topological polar surface area (TPSA) is 79.5 Å². The fourth-order valence-corrected chi connectivity index (χ4v) is 4.61. The van der Waals surface area contributed by atoms with Crippen molar-refractivity contribution < 1.29 is 13.2 Å². The lowest BCUT2D eigenvalue weighted by atomic mass is 10.2. The highest BCUT2D eigenvalue weighted by Gasteiger charge is 2.17. The van der Waals surface area contributed by atoms with Crippen molar-refractivity contribution in [1.29, 1.82) is 0 Å². The minimum atomic E-state index is -3.65. The minimum Gasteiger partial charge on any atom is -0.495 e. The normalized spacial score (nSPS) is 10.9. The molecule has 6 nitrogen and oxygen atoms in total. The SMILES string of the molecule is COc1ccccc1NC(=S)Nc1ccccc1NS(=O)(=O)c1cccs1. The molecule has 2 aromatic carbocycles. The number of hydrogen-bond donors (Lipinski definition) is 3. The van der Waals surface area contributed by atoms with Crippen molar-refractivity contribution in [3.8, 4) is 5.75 Å². The molecule has 0 aliphatic rings. The van der Waals surface area contributed by atoms with Gasteiger partial charge in [-0.25, -0.2) is 8.42 Å². The molecule has 0 unspecified atom stereocenters. The van der Waals surface area contributed by atoms with Crippen LogP contribution in [0.4, 0.5) is 17.1 Å². The molecule has 0 atom stereocenters. The summed E-state index contributed by atoms with van der Waals surface area (Å²) < 4.78 is 33.1. The van der Waals surface area contributed by atoms with Gasteiger partial charge in [0.2, 0.25) is 0 Å². The standard InChI is InChI=1S/C18H17N3O3S3/c1-24-16-10-5-4-9-15(16)20-18(25)19-13-7-2-3-8-14(13)21-27(22,23)17-11-6-12-26-17/h2-12,21H,1H3,(H2,19,20,25). The summed E-state index contributed by atoms with van der Waals surface area (Å²) in [5.74, 6) is 0.647. The summed E-state index contributed by atoms with van der Waals surface area (Å²) in [5, 5.41) is 8.09. The lowest BCUT2D eigenvalue weighted by Gasteiger charge is -2.16. The third-order valence-corrected chi connectivity index (χ3v) is 6.50. The van der Waals surface area contributed by atoms with Gasteiger partial charge in [0, 0.05) is 0 Å². The van der Waals surface area contributed by atoms with Crippen molar-refractivity contribution in [3.63, 3.8) is 0 Å². The lowest BCUT2D eigenvalue weighted by Crippen LogP contribution is -2.21. The number of methoxy groups -OCH3 is 1. The number of rotatable bonds is 6. The summed E-state index contributed by atoms with van der Waals surface area (Å²) in [7, 11) is -2.08. The molecule has 140 valence electrons. The number of thiophene rings is 1. The number of thiocarbonyl (C=S) groups is 1. The fraction of sp³-hybridized carbons (Fsp3) is 0.0556. The van der Waals surface area contributed by atoms with E-state index < -0.39 is 10.0 Å². The Kier molecular flexibility index (Phi) is 5.94. The van der Waals surface area contributed by atoms with Crippen molar-refractivity contribution in [2.45, 2.75) is 4.21 Å². The summed E-state index contributed by atoms with van der Waals surface area (Å²) in [6.45, 7) is 0. The molecule has 9 heteroatoms. The summed E-state index contributed by atoms with van der Waals surface area (Å²) in [4.78, 5) is 0. The van der Waals surface area contributed by atoms with E-state index >= 15 is 0 Å². The molecule has 0 bridgehead atoms. The summed E-state index contributed by atoms with van der Waals surface area (Å²) in [6.07, 6.45) is 0. The number of para-hydroxylation sites is 4. The van der Waals surface area contributed by atoms with Crippen LogP contribution in [-0.2, 0) is 10.0 Å². The van der Waals surface area contributed by atoms with Crippen LogP contribution in [0.3, 0.4) is 0 Å². The van der Waals surface area contributed by atoms with Crippen molar-refractivity contribution >= 4 is 55.8 Å². The first-order valence-corrected chi connectivity index (χ1v) is 10.6. The molecule has 3 N–H and O–H groups in total. The molecule has 0 radical (unpaired) electrons. The summed E-state index contributed by atoms with van der Waals surface area (Å²) in [6, 6.07) is 17.5. The smallest absolute Gasteiger partial charge is 0.271 e. The highest BCUT2D eigenvalue weighted by atomic mass is 32.2. The number of benzene rings is 2. The highest BCUT2D eigenvalue weighted by Crippen LogP contribution is 2.27. The van der Waals surface area contributed by atoms with Crippen LogP contribution in [0.5, 0.6) is 5.75 Å². The van der Waals surface area contributed by atoms with Crippen molar-refractivity contribution in [2.24, 2.45) is 0 Å². The van der Waals surface area contributed by atoms with Crippen LogP contribution in [0, 0.1) is 0 Å². The first-order valence-electron chi connectivity index (χ1n) is 7.86. The number of nitrogens with one attached hydrogen (secondary N) is 3. The van der Waals surface area contributed by atoms with Crippen LogP contribution in [-0.4, -0.2) is 20.6 Å². The molecule has 0 saturated heterocycles. The van der Waals surface area contributed by atoms with E-state index in [-0.39, 0.29) is 4.21 Å². The first kappa shape index (κ1) is 19.2. The summed E-state index contributed by atoms with van der Waals surface area (Å²) in [5.41, 5.74) is 1.63. The van der Waals surface area contributed by atoms with Gasteiger partial charge in [0.1, 0.15) is 9.96 Å². The third-order valence-electron chi connectivity index (χ3n) is 3.53. The largest absolute Gasteiger partial charge is 0.495 e. The maximum atomic E-state index is 12.5. The molecule has 27 heavy (non-hydrogen) atoms. The zero-order valence-electron chi connectivity index (χ0n) is 14.3. The second-order valence-corrected chi connectivity index (χ2v) is 8.63. The Morgan fingerprint density at radius 3 is 2.22 bits per heavy atom. The molecule has 0 aliphatic heterocycles. The van der Waals surface area contributed by atoms with Crippen LogP contribution in [0.25, 0.3) is 0 Å². The van der Waals surface area contributed by atoms with Gasteiger partial charge in [0.15, 0.2) is 5.11 Å². The third kappa shape index (κ3) is 4.76. The Labute approximate surface area is 167 Å². The second-order valence-electron chi connectivity index (χ2n) is 5.36. The van der Waals surface area contributed by atoms with Crippen molar-refractivity contribution in [2.75, 3.05) is 22.5 Å². The van der Waals surface area contributed by atoms with Gasteiger partial charge in [-0.2, -0.15) is 0 Å². The summed E-state index contributed by atoms with van der Waals surface area (Å²) >= 11 is 6.51. The van der Waals surface area contributed by atoms with E-state index in [0.717, 1.165) is 11.3 Å². The van der Waals surface area contributed by atoms with Crippen molar-refractivity contribution in [1.82, 2.24) is 0 Å². The number of anilines is 3. The van der Waals surface area contributed by atoms with Gasteiger partial charge in [-0.3, -0.25) is 4.72 Å². The molecular weight excluding hydrogens is 402 g/mol. The maximum Gasteiger partial charge on any atom is 0.271 e. The Morgan fingerprint density at radius 1 is 0.926 bits per heavy atom. The minimum absolute atomic E-state index is 0.243. The van der Waals surface area contributed by atoms with Crippen LogP contribution in [0.1, 0.15) is 0 Å². The van der Waals surface area contributed by atoms with Crippen LogP contribution in [0.15, 0.2) is 70.3 Å². The number of ether oxygens (including phenoxy) is 1. The van der Waals surface area contributed by atoms with Crippen molar-refractivity contribution in [3.05, 3.63) is 66.0 Å². The van der Waals surface area contributed by atoms with E-state index in [1.54, 1.807) is 48.9 Å². The zero-order valence-corrected chi connectivity index (χ0v) is 16.7. The highest BCUT2D eigenvalue weighted by molar-refractivity contribution is 7.94. The molecule has 0 amide bonds. The van der Waals surface area contributed by atoms with Gasteiger partial charge in [0.05, 0.1) is 24.2 Å². The Hall–Kier alpha value is -2.62. The monoisotopic (exact) mass is 419 g/mol. The predicted molar refractivity (Wildman–Crippen MR) is 114 cm³/mol. The molecule has 1 heterocycles. The van der Waals surface area contributed by atoms with Gasteiger partial charge >= 0.3 is 0 Å². The first-order chi connectivity index (χ1) is 13.0. The average molecular weight is 420 g/mol. The van der Waals surface area contributed by atoms with E-state index in [2.05, 4.69) is 15.4 Å². The molecule has 0 spiro atoms. The Bertz CT molecular complexity index is 1030. The lowest BCUT2D eigenvalue weighted by molar-refractivity contribution is 0.417. The zero-order chi connectivity index (χ0) is 19.3. The number of hydrogen-bond acceptors (Lipinski definition) is 5. The second kappa shape index (κ2) is 8.38.